The Hall–Kier alpha value is -3.39. The molecule has 0 unspecified atom stereocenters. The fourth-order valence-corrected chi connectivity index (χ4v) is 5.15. The number of nitrogens with zero attached hydrogens (tertiary/aromatic N) is 1. The van der Waals surface area contributed by atoms with Gasteiger partial charge in [0.1, 0.15) is 18.1 Å². The van der Waals surface area contributed by atoms with Gasteiger partial charge in [-0.2, -0.15) is 0 Å². The van der Waals surface area contributed by atoms with Crippen LogP contribution in [-0.2, 0) is 14.8 Å². The van der Waals surface area contributed by atoms with Crippen LogP contribution in [0.1, 0.15) is 38.8 Å². The van der Waals surface area contributed by atoms with Gasteiger partial charge in [0.05, 0.1) is 23.2 Å². The minimum atomic E-state index is -4.12. The molecule has 186 valence electrons. The molecule has 0 aromatic heterocycles. The summed E-state index contributed by atoms with van der Waals surface area (Å²) in [5.41, 5.74) is 1.13. The molecule has 0 spiro atoms. The first-order valence-corrected chi connectivity index (χ1v) is 13.0. The highest BCUT2D eigenvalue weighted by Gasteiger charge is 2.28. The number of rotatable bonds is 11. The standard InChI is InChI=1S/C27H31FN2O4S/c1-4-34-24-14-16-25(17-15-24)35(32,33)30(23-12-10-22(28)11-13-23)19-27(31)29-26(18-20(2)3)21-8-6-5-7-9-21/h5-17,20,26H,4,18-19H2,1-3H3,(H,29,31)/t26-/m0/s1. The van der Waals surface area contributed by atoms with Crippen LogP contribution in [0.4, 0.5) is 10.1 Å². The topological polar surface area (TPSA) is 75.7 Å². The van der Waals surface area contributed by atoms with E-state index in [4.69, 9.17) is 4.74 Å². The molecule has 6 nitrogen and oxygen atoms in total. The van der Waals surface area contributed by atoms with E-state index in [-0.39, 0.29) is 16.6 Å². The van der Waals surface area contributed by atoms with E-state index in [1.807, 2.05) is 37.3 Å². The van der Waals surface area contributed by atoms with Crippen LogP contribution < -0.4 is 14.4 Å². The molecule has 0 saturated carbocycles. The third-order valence-corrected chi connectivity index (χ3v) is 7.16. The van der Waals surface area contributed by atoms with E-state index in [0.717, 1.165) is 9.87 Å². The Kier molecular flexibility index (Phi) is 8.87. The van der Waals surface area contributed by atoms with E-state index in [0.29, 0.717) is 24.7 Å². The molecular formula is C27H31FN2O4S. The summed E-state index contributed by atoms with van der Waals surface area (Å²) in [7, 11) is -4.12. The summed E-state index contributed by atoms with van der Waals surface area (Å²) in [5, 5.41) is 2.99. The third-order valence-electron chi connectivity index (χ3n) is 5.37. The van der Waals surface area contributed by atoms with Crippen LogP contribution in [-0.4, -0.2) is 27.5 Å². The van der Waals surface area contributed by atoms with Crippen LogP contribution in [0.5, 0.6) is 5.75 Å². The van der Waals surface area contributed by atoms with E-state index in [1.54, 1.807) is 12.1 Å². The summed E-state index contributed by atoms with van der Waals surface area (Å²) in [5.74, 6) is -0.116. The molecule has 35 heavy (non-hydrogen) atoms. The average Bonchev–Trinajstić information content (AvgIpc) is 2.83. The SMILES string of the molecule is CCOc1ccc(S(=O)(=O)N(CC(=O)N[C@@H](CC(C)C)c2ccccc2)c2ccc(F)cc2)cc1. The van der Waals surface area contributed by atoms with Crippen molar-refractivity contribution >= 4 is 21.6 Å². The van der Waals surface area contributed by atoms with Crippen molar-refractivity contribution in [3.05, 3.63) is 90.2 Å². The summed E-state index contributed by atoms with van der Waals surface area (Å²) >= 11 is 0. The molecule has 0 fully saturated rings. The monoisotopic (exact) mass is 498 g/mol. The Bertz CT molecular complexity index is 1200. The molecule has 0 heterocycles. The number of sulfonamides is 1. The lowest BCUT2D eigenvalue weighted by atomic mass is 9.97. The summed E-state index contributed by atoms with van der Waals surface area (Å²) < 4.78 is 47.1. The van der Waals surface area contributed by atoms with Crippen molar-refractivity contribution in [1.82, 2.24) is 5.32 Å². The van der Waals surface area contributed by atoms with Crippen molar-refractivity contribution in [2.45, 2.75) is 38.1 Å². The molecule has 0 radical (unpaired) electrons. The first-order valence-electron chi connectivity index (χ1n) is 11.6. The van der Waals surface area contributed by atoms with Crippen molar-refractivity contribution in [1.29, 1.82) is 0 Å². The normalized spacial score (nSPS) is 12.3. The van der Waals surface area contributed by atoms with Crippen LogP contribution >= 0.6 is 0 Å². The van der Waals surface area contributed by atoms with Gasteiger partial charge in [0.2, 0.25) is 5.91 Å². The van der Waals surface area contributed by atoms with Gasteiger partial charge in [0.15, 0.2) is 0 Å². The zero-order valence-corrected chi connectivity index (χ0v) is 21.0. The lowest BCUT2D eigenvalue weighted by Crippen LogP contribution is -2.42. The molecule has 3 aromatic rings. The predicted octanol–water partition coefficient (Wildman–Crippen LogP) is 5.32. The Labute approximate surface area is 206 Å². The van der Waals surface area contributed by atoms with Gasteiger partial charge in [-0.25, -0.2) is 12.8 Å². The number of hydrogen-bond donors (Lipinski definition) is 1. The Morgan fingerprint density at radius 1 is 0.971 bits per heavy atom. The van der Waals surface area contributed by atoms with Crippen LogP contribution in [0.3, 0.4) is 0 Å². The van der Waals surface area contributed by atoms with Gasteiger partial charge < -0.3 is 10.1 Å². The van der Waals surface area contributed by atoms with E-state index < -0.39 is 28.3 Å². The maximum absolute atomic E-state index is 13.6. The van der Waals surface area contributed by atoms with Crippen molar-refractivity contribution < 1.29 is 22.3 Å². The molecule has 3 aromatic carbocycles. The van der Waals surface area contributed by atoms with Crippen LogP contribution in [0.2, 0.25) is 0 Å². The van der Waals surface area contributed by atoms with Gasteiger partial charge in [-0.05, 0) is 73.4 Å². The van der Waals surface area contributed by atoms with Crippen molar-refractivity contribution in [2.75, 3.05) is 17.5 Å². The number of carbonyl (C=O) groups is 1. The fraction of sp³-hybridized carbons (Fsp3) is 0.296. The zero-order valence-electron chi connectivity index (χ0n) is 20.1. The van der Waals surface area contributed by atoms with Crippen molar-refractivity contribution in [2.24, 2.45) is 5.92 Å². The van der Waals surface area contributed by atoms with E-state index >= 15 is 0 Å². The molecule has 0 aliphatic heterocycles. The van der Waals surface area contributed by atoms with Gasteiger partial charge in [0.25, 0.3) is 10.0 Å². The Balaban J connectivity index is 1.90. The van der Waals surface area contributed by atoms with Gasteiger partial charge in [-0.1, -0.05) is 44.2 Å². The van der Waals surface area contributed by atoms with E-state index in [1.165, 1.54) is 36.4 Å². The van der Waals surface area contributed by atoms with Crippen molar-refractivity contribution in [3.63, 3.8) is 0 Å². The fourth-order valence-electron chi connectivity index (χ4n) is 3.73. The molecule has 3 rings (SSSR count). The van der Waals surface area contributed by atoms with Crippen LogP contribution in [0.15, 0.2) is 83.8 Å². The number of amides is 1. The smallest absolute Gasteiger partial charge is 0.264 e. The molecule has 8 heteroatoms. The Morgan fingerprint density at radius 2 is 1.60 bits per heavy atom. The quantitative estimate of drug-likeness (QED) is 0.388. The molecule has 0 aliphatic rings. The molecule has 0 bridgehead atoms. The number of ether oxygens (including phenoxy) is 1. The van der Waals surface area contributed by atoms with Gasteiger partial charge >= 0.3 is 0 Å². The Morgan fingerprint density at radius 3 is 2.17 bits per heavy atom. The number of carbonyl (C=O) groups excluding carboxylic acids is 1. The number of halogens is 1. The number of anilines is 1. The second-order valence-electron chi connectivity index (χ2n) is 8.55. The summed E-state index contributed by atoms with van der Waals surface area (Å²) in [4.78, 5) is 13.2. The highest BCUT2D eigenvalue weighted by atomic mass is 32.2. The minimum absolute atomic E-state index is 0.000122. The maximum Gasteiger partial charge on any atom is 0.264 e. The molecule has 0 aliphatic carbocycles. The van der Waals surface area contributed by atoms with Crippen molar-refractivity contribution in [3.8, 4) is 5.75 Å². The largest absolute Gasteiger partial charge is 0.494 e. The second kappa shape index (κ2) is 11.8. The summed E-state index contributed by atoms with van der Waals surface area (Å²) in [6.07, 6.45) is 0.692. The first-order chi connectivity index (χ1) is 16.7. The van der Waals surface area contributed by atoms with Gasteiger partial charge in [0, 0.05) is 0 Å². The van der Waals surface area contributed by atoms with E-state index in [2.05, 4.69) is 19.2 Å². The lowest BCUT2D eigenvalue weighted by Gasteiger charge is -2.26. The molecule has 1 atom stereocenters. The molecular weight excluding hydrogens is 467 g/mol. The van der Waals surface area contributed by atoms with E-state index in [9.17, 15) is 17.6 Å². The number of hydrogen-bond acceptors (Lipinski definition) is 4. The van der Waals surface area contributed by atoms with Gasteiger partial charge in [-0.15, -0.1) is 0 Å². The molecule has 1 N–H and O–H groups in total. The third kappa shape index (κ3) is 7.05. The maximum atomic E-state index is 13.6. The van der Waals surface area contributed by atoms with Gasteiger partial charge in [-0.3, -0.25) is 9.10 Å². The predicted molar refractivity (Wildman–Crippen MR) is 135 cm³/mol. The average molecular weight is 499 g/mol. The number of nitrogens with one attached hydrogen (secondary N) is 1. The summed E-state index contributed by atoms with van der Waals surface area (Å²) in [6.45, 7) is 5.95. The summed E-state index contributed by atoms with van der Waals surface area (Å²) in [6, 6.07) is 20.3. The molecule has 1 amide bonds. The first kappa shape index (κ1) is 26.2. The van der Waals surface area contributed by atoms with Crippen LogP contribution in [0.25, 0.3) is 0 Å². The number of benzene rings is 3. The highest BCUT2D eigenvalue weighted by Crippen LogP contribution is 2.26. The lowest BCUT2D eigenvalue weighted by molar-refractivity contribution is -0.120. The zero-order chi connectivity index (χ0) is 25.4. The minimum Gasteiger partial charge on any atom is -0.494 e. The second-order valence-corrected chi connectivity index (χ2v) is 10.4. The van der Waals surface area contributed by atoms with Crippen LogP contribution in [0, 0.1) is 11.7 Å². The highest BCUT2D eigenvalue weighted by molar-refractivity contribution is 7.92. The molecule has 0 saturated heterocycles.